The third-order valence-electron chi connectivity index (χ3n) is 4.58. The largest absolute Gasteiger partial charge is 0.394 e. The molecule has 0 aromatic heterocycles. The van der Waals surface area contributed by atoms with Crippen LogP contribution in [0.25, 0.3) is 0 Å². The molecule has 2 heterocycles. The SMILES string of the molecule is N=C(N)[C@]1(CO)O[C@H](O[C@H]2[C@H](O)[C@@H](O)[C@H](O)O[C@@H]2CO)[C@H](O)[C@@H](O)[C@H]1O. The Labute approximate surface area is 147 Å². The van der Waals surface area contributed by atoms with Crippen molar-refractivity contribution in [3.05, 3.63) is 0 Å². The molecular formula is C13H24N2O11. The molecule has 0 bridgehead atoms. The van der Waals surface area contributed by atoms with Crippen molar-refractivity contribution in [2.75, 3.05) is 13.2 Å². The zero-order chi connectivity index (χ0) is 19.8. The van der Waals surface area contributed by atoms with Crippen LogP contribution in [0.15, 0.2) is 0 Å². The second kappa shape index (κ2) is 7.95. The van der Waals surface area contributed by atoms with Gasteiger partial charge in [0.25, 0.3) is 0 Å². The maximum atomic E-state index is 10.1. The van der Waals surface area contributed by atoms with Crippen LogP contribution in [0.5, 0.6) is 0 Å². The van der Waals surface area contributed by atoms with Crippen LogP contribution in [0.4, 0.5) is 0 Å². The highest BCUT2D eigenvalue weighted by Gasteiger charge is 2.57. The number of amidine groups is 1. The van der Waals surface area contributed by atoms with Gasteiger partial charge in [-0.05, 0) is 0 Å². The molecule has 10 atom stereocenters. The maximum Gasteiger partial charge on any atom is 0.188 e. The van der Waals surface area contributed by atoms with Crippen LogP contribution in [-0.2, 0) is 14.2 Å². The van der Waals surface area contributed by atoms with Gasteiger partial charge in [-0.1, -0.05) is 0 Å². The summed E-state index contributed by atoms with van der Waals surface area (Å²) in [4.78, 5) is 0. The van der Waals surface area contributed by atoms with Gasteiger partial charge in [0.2, 0.25) is 0 Å². The third kappa shape index (κ3) is 3.44. The molecule has 2 fully saturated rings. The Hall–Kier alpha value is -0.970. The molecule has 2 aliphatic heterocycles. The molecule has 2 saturated heterocycles. The standard InChI is InChI=1S/C13H24N2O11/c14-12(15)13(2-17)9(22)5(19)7(21)11(26-13)25-8-3(1-16)24-10(23)6(20)4(8)18/h3-11,16-23H,1-2H2,(H3,14,15)/t3-,4-,5-,6-,7-,8-,9-,10-,11+,13-/m1/s1. The monoisotopic (exact) mass is 384 g/mol. The van der Waals surface area contributed by atoms with Gasteiger partial charge in [0.1, 0.15) is 48.6 Å². The number of hydrogen-bond donors (Lipinski definition) is 10. The molecule has 0 saturated carbocycles. The highest BCUT2D eigenvalue weighted by molar-refractivity contribution is 5.87. The summed E-state index contributed by atoms with van der Waals surface area (Å²) in [6, 6.07) is 0. The van der Waals surface area contributed by atoms with Crippen LogP contribution in [0.1, 0.15) is 0 Å². The number of aliphatic hydroxyl groups is 8. The molecule has 0 aromatic carbocycles. The summed E-state index contributed by atoms with van der Waals surface area (Å²) in [5.74, 6) is -0.860. The van der Waals surface area contributed by atoms with Gasteiger partial charge in [-0.2, -0.15) is 0 Å². The molecule has 26 heavy (non-hydrogen) atoms. The molecular weight excluding hydrogens is 360 g/mol. The fraction of sp³-hybridized carbons (Fsp3) is 0.923. The van der Waals surface area contributed by atoms with Crippen LogP contribution in [0.2, 0.25) is 0 Å². The molecule has 2 rings (SSSR count). The van der Waals surface area contributed by atoms with Crippen LogP contribution < -0.4 is 5.73 Å². The lowest BCUT2D eigenvalue weighted by Gasteiger charge is -2.49. The summed E-state index contributed by atoms with van der Waals surface area (Å²) in [7, 11) is 0. The smallest absolute Gasteiger partial charge is 0.188 e. The van der Waals surface area contributed by atoms with Gasteiger partial charge >= 0.3 is 0 Å². The molecule has 13 heteroatoms. The zero-order valence-corrected chi connectivity index (χ0v) is 13.5. The van der Waals surface area contributed by atoms with Crippen molar-refractivity contribution in [1.82, 2.24) is 0 Å². The fourth-order valence-corrected chi connectivity index (χ4v) is 2.91. The summed E-state index contributed by atoms with van der Waals surface area (Å²) in [6.45, 7) is -1.79. The lowest BCUT2D eigenvalue weighted by Crippen LogP contribution is -2.71. The first-order valence-electron chi connectivity index (χ1n) is 7.74. The van der Waals surface area contributed by atoms with Gasteiger partial charge in [-0.25, -0.2) is 0 Å². The quantitative estimate of drug-likeness (QED) is 0.157. The number of nitrogens with two attached hydrogens (primary N) is 1. The molecule has 0 aromatic rings. The average molecular weight is 384 g/mol. The predicted molar refractivity (Wildman–Crippen MR) is 79.5 cm³/mol. The molecule has 0 unspecified atom stereocenters. The minimum absolute atomic E-state index is 0.753. The molecule has 0 aliphatic carbocycles. The molecule has 13 nitrogen and oxygen atoms in total. The Balaban J connectivity index is 2.27. The normalized spacial score (nSPS) is 49.8. The Morgan fingerprint density at radius 3 is 2.12 bits per heavy atom. The van der Waals surface area contributed by atoms with Gasteiger partial charge in [0, 0.05) is 0 Å². The summed E-state index contributed by atoms with van der Waals surface area (Å²) in [5, 5.41) is 85.6. The van der Waals surface area contributed by atoms with Crippen LogP contribution in [-0.4, -0.2) is 121 Å². The van der Waals surface area contributed by atoms with Gasteiger partial charge in [-0.3, -0.25) is 5.41 Å². The first-order valence-corrected chi connectivity index (χ1v) is 7.74. The summed E-state index contributed by atoms with van der Waals surface area (Å²) >= 11 is 0. The Morgan fingerprint density at radius 1 is 1.00 bits per heavy atom. The van der Waals surface area contributed by atoms with Crippen molar-refractivity contribution in [3.8, 4) is 0 Å². The van der Waals surface area contributed by atoms with Crippen molar-refractivity contribution < 1.29 is 55.1 Å². The number of hydrogen-bond acceptors (Lipinski definition) is 12. The van der Waals surface area contributed by atoms with E-state index in [1.165, 1.54) is 0 Å². The highest BCUT2D eigenvalue weighted by Crippen LogP contribution is 2.33. The van der Waals surface area contributed by atoms with Crippen molar-refractivity contribution in [3.63, 3.8) is 0 Å². The second-order valence-corrected chi connectivity index (χ2v) is 6.20. The first-order chi connectivity index (χ1) is 12.1. The molecule has 0 amide bonds. The van der Waals surface area contributed by atoms with E-state index >= 15 is 0 Å². The van der Waals surface area contributed by atoms with Crippen LogP contribution >= 0.6 is 0 Å². The van der Waals surface area contributed by atoms with E-state index in [1.807, 2.05) is 0 Å². The number of rotatable bonds is 5. The van der Waals surface area contributed by atoms with Gasteiger partial charge in [-0.15, -0.1) is 0 Å². The van der Waals surface area contributed by atoms with Crippen molar-refractivity contribution in [2.45, 2.75) is 60.9 Å². The van der Waals surface area contributed by atoms with E-state index in [4.69, 9.17) is 25.4 Å². The van der Waals surface area contributed by atoms with Gasteiger partial charge in [0.15, 0.2) is 18.2 Å². The highest BCUT2D eigenvalue weighted by atomic mass is 16.7. The molecule has 152 valence electrons. The number of ether oxygens (including phenoxy) is 3. The number of nitrogens with one attached hydrogen (secondary N) is 1. The third-order valence-corrected chi connectivity index (χ3v) is 4.58. The molecule has 2 aliphatic rings. The van der Waals surface area contributed by atoms with E-state index in [9.17, 15) is 40.9 Å². The Morgan fingerprint density at radius 2 is 1.62 bits per heavy atom. The molecule has 0 radical (unpaired) electrons. The van der Waals surface area contributed by atoms with E-state index in [1.54, 1.807) is 0 Å². The van der Waals surface area contributed by atoms with E-state index in [0.717, 1.165) is 0 Å². The zero-order valence-electron chi connectivity index (χ0n) is 13.5. The Bertz CT molecular complexity index is 508. The predicted octanol–water partition coefficient (Wildman–Crippen LogP) is -6.09. The summed E-state index contributed by atoms with van der Waals surface area (Å²) in [6.07, 6.45) is -15.9. The summed E-state index contributed by atoms with van der Waals surface area (Å²) < 4.78 is 15.4. The lowest BCUT2D eigenvalue weighted by molar-refractivity contribution is -0.364. The van der Waals surface area contributed by atoms with Crippen molar-refractivity contribution in [1.29, 1.82) is 5.41 Å². The second-order valence-electron chi connectivity index (χ2n) is 6.20. The van der Waals surface area contributed by atoms with Crippen LogP contribution in [0.3, 0.4) is 0 Å². The van der Waals surface area contributed by atoms with E-state index < -0.39 is 80.0 Å². The summed E-state index contributed by atoms with van der Waals surface area (Å²) in [5.41, 5.74) is 3.04. The molecule has 0 spiro atoms. The van der Waals surface area contributed by atoms with E-state index in [2.05, 4.69) is 0 Å². The number of aliphatic hydroxyl groups excluding tert-OH is 8. The van der Waals surface area contributed by atoms with Crippen molar-refractivity contribution >= 4 is 5.84 Å². The molecule has 11 N–H and O–H groups in total. The van der Waals surface area contributed by atoms with E-state index in [0.29, 0.717) is 0 Å². The van der Waals surface area contributed by atoms with E-state index in [-0.39, 0.29) is 0 Å². The topological polar surface area (TPSA) is 239 Å². The van der Waals surface area contributed by atoms with Gasteiger partial charge in [0.05, 0.1) is 13.2 Å². The fourth-order valence-electron chi connectivity index (χ4n) is 2.91. The first kappa shape index (κ1) is 21.3. The average Bonchev–Trinajstić information content (AvgIpc) is 2.61. The maximum absolute atomic E-state index is 10.1. The van der Waals surface area contributed by atoms with Crippen LogP contribution in [0, 0.1) is 5.41 Å². The Kier molecular flexibility index (Phi) is 6.53. The lowest BCUT2D eigenvalue weighted by atomic mass is 9.86. The van der Waals surface area contributed by atoms with Crippen molar-refractivity contribution in [2.24, 2.45) is 5.73 Å². The van der Waals surface area contributed by atoms with Gasteiger partial charge < -0.3 is 60.8 Å². The minimum Gasteiger partial charge on any atom is -0.394 e. The minimum atomic E-state index is -2.30.